The molecule has 29 heavy (non-hydrogen) atoms. The Morgan fingerprint density at radius 3 is 2.83 bits per heavy atom. The Morgan fingerprint density at radius 2 is 2.10 bits per heavy atom. The third-order valence-electron chi connectivity index (χ3n) is 4.44. The van der Waals surface area contributed by atoms with Crippen molar-refractivity contribution >= 4 is 57.5 Å². The van der Waals surface area contributed by atoms with Gasteiger partial charge >= 0.3 is 5.97 Å². The molecule has 1 aromatic carbocycles. The maximum atomic E-state index is 12.9. The molecule has 154 valence electrons. The van der Waals surface area contributed by atoms with Crippen LogP contribution in [0.25, 0.3) is 0 Å². The number of nitrogens with zero attached hydrogens (tertiary/aromatic N) is 2. The van der Waals surface area contributed by atoms with E-state index < -0.39 is 17.9 Å². The average molecular weight is 456 g/mol. The molecule has 1 fully saturated rings. The summed E-state index contributed by atoms with van der Waals surface area (Å²) in [6, 6.07) is 3.94. The summed E-state index contributed by atoms with van der Waals surface area (Å²) in [6.07, 6.45) is 2.23. The van der Waals surface area contributed by atoms with Gasteiger partial charge in [0.15, 0.2) is 5.13 Å². The predicted octanol–water partition coefficient (Wildman–Crippen LogP) is 4.26. The molecule has 0 saturated carbocycles. The third kappa shape index (κ3) is 5.07. The average Bonchev–Trinajstić information content (AvgIpc) is 3.16. The van der Waals surface area contributed by atoms with Crippen LogP contribution in [0.3, 0.4) is 0 Å². The van der Waals surface area contributed by atoms with Crippen molar-refractivity contribution in [2.24, 2.45) is 0 Å². The van der Waals surface area contributed by atoms with Gasteiger partial charge in [-0.2, -0.15) is 0 Å². The number of piperidine rings is 1. The number of hydrogen-bond acceptors (Lipinski definition) is 6. The first kappa shape index (κ1) is 21.5. The fourth-order valence-corrected chi connectivity index (χ4v) is 4.25. The van der Waals surface area contributed by atoms with E-state index in [0.717, 1.165) is 24.2 Å². The van der Waals surface area contributed by atoms with Gasteiger partial charge in [-0.05, 0) is 44.4 Å². The maximum Gasteiger partial charge on any atom is 0.328 e. The molecule has 0 radical (unpaired) electrons. The third-order valence-corrected chi connectivity index (χ3v) is 5.75. The molecule has 2 amide bonds. The van der Waals surface area contributed by atoms with Gasteiger partial charge in [-0.25, -0.2) is 9.78 Å². The van der Waals surface area contributed by atoms with E-state index in [9.17, 15) is 14.4 Å². The first-order valence-electron chi connectivity index (χ1n) is 9.10. The van der Waals surface area contributed by atoms with Crippen molar-refractivity contribution in [2.45, 2.75) is 32.2 Å². The molecule has 0 spiro atoms. The quantitative estimate of drug-likeness (QED) is 0.680. The number of amides is 2. The maximum absolute atomic E-state index is 12.9. The zero-order valence-corrected chi connectivity index (χ0v) is 17.9. The van der Waals surface area contributed by atoms with Crippen molar-refractivity contribution < 1.29 is 19.1 Å². The molecule has 0 aliphatic carbocycles. The van der Waals surface area contributed by atoms with Crippen molar-refractivity contribution in [3.63, 3.8) is 0 Å². The molecule has 0 unspecified atom stereocenters. The topological polar surface area (TPSA) is 88.6 Å². The SMILES string of the molecule is CCOC(=O)[C@H]1CCCCN1C(=O)c1csc(NC(=O)c2ccc(Cl)cc2Cl)n1. The molecule has 1 saturated heterocycles. The Morgan fingerprint density at radius 1 is 1.31 bits per heavy atom. The summed E-state index contributed by atoms with van der Waals surface area (Å²) >= 11 is 13.0. The number of esters is 1. The van der Waals surface area contributed by atoms with Crippen LogP contribution in [0.2, 0.25) is 10.0 Å². The molecule has 1 aliphatic heterocycles. The normalized spacial score (nSPS) is 16.4. The van der Waals surface area contributed by atoms with Crippen LogP contribution in [0.1, 0.15) is 47.0 Å². The minimum atomic E-state index is -0.608. The highest BCUT2D eigenvalue weighted by molar-refractivity contribution is 7.14. The van der Waals surface area contributed by atoms with E-state index in [0.29, 0.717) is 18.0 Å². The first-order chi connectivity index (χ1) is 13.9. The largest absolute Gasteiger partial charge is 0.464 e. The van der Waals surface area contributed by atoms with Gasteiger partial charge < -0.3 is 9.64 Å². The summed E-state index contributed by atoms with van der Waals surface area (Å²) in [5, 5.41) is 5.08. The van der Waals surface area contributed by atoms with Crippen LogP contribution in [0, 0.1) is 0 Å². The number of hydrogen-bond donors (Lipinski definition) is 1. The number of benzene rings is 1. The number of carbonyl (C=O) groups is 3. The number of nitrogens with one attached hydrogen (secondary N) is 1. The zero-order chi connectivity index (χ0) is 21.0. The molecular weight excluding hydrogens is 437 g/mol. The standard InChI is InChI=1S/C19H19Cl2N3O4S/c1-2-28-18(27)15-5-3-4-8-24(15)17(26)14-10-29-19(22-14)23-16(25)12-7-6-11(20)9-13(12)21/h6-7,9-10,15H,2-5,8H2,1H3,(H,22,23,25)/t15-/m1/s1. The Hall–Kier alpha value is -2.16. The van der Waals surface area contributed by atoms with Crippen LogP contribution in [-0.4, -0.2) is 46.9 Å². The number of carbonyl (C=O) groups excluding carboxylic acids is 3. The number of halogens is 2. The number of thiazole rings is 1. The van der Waals surface area contributed by atoms with Crippen LogP contribution in [-0.2, 0) is 9.53 Å². The number of likely N-dealkylation sites (tertiary alicyclic amines) is 1. The van der Waals surface area contributed by atoms with Crippen LogP contribution in [0.5, 0.6) is 0 Å². The van der Waals surface area contributed by atoms with E-state index in [1.807, 2.05) is 0 Å². The van der Waals surface area contributed by atoms with E-state index in [-0.39, 0.29) is 33.9 Å². The van der Waals surface area contributed by atoms with Crippen molar-refractivity contribution in [3.8, 4) is 0 Å². The molecule has 1 aliphatic rings. The van der Waals surface area contributed by atoms with Crippen molar-refractivity contribution in [1.82, 2.24) is 9.88 Å². The fraction of sp³-hybridized carbons (Fsp3) is 0.368. The molecule has 0 bridgehead atoms. The highest BCUT2D eigenvalue weighted by atomic mass is 35.5. The monoisotopic (exact) mass is 455 g/mol. The summed E-state index contributed by atoms with van der Waals surface area (Å²) in [4.78, 5) is 43.2. The second-order valence-corrected chi connectivity index (χ2v) is 8.08. The Labute approximate surface area is 182 Å². The minimum Gasteiger partial charge on any atom is -0.464 e. The summed E-state index contributed by atoms with van der Waals surface area (Å²) in [5.41, 5.74) is 0.418. The lowest BCUT2D eigenvalue weighted by Crippen LogP contribution is -2.48. The predicted molar refractivity (Wildman–Crippen MR) is 112 cm³/mol. The highest BCUT2D eigenvalue weighted by Crippen LogP contribution is 2.25. The molecule has 1 atom stereocenters. The van der Waals surface area contributed by atoms with Gasteiger partial charge in [-0.1, -0.05) is 23.2 Å². The number of ether oxygens (including phenoxy) is 1. The van der Waals surface area contributed by atoms with Gasteiger partial charge in [-0.15, -0.1) is 11.3 Å². The van der Waals surface area contributed by atoms with Crippen molar-refractivity contribution in [1.29, 1.82) is 0 Å². The molecule has 3 rings (SSSR count). The van der Waals surface area contributed by atoms with Gasteiger partial charge in [-0.3, -0.25) is 14.9 Å². The van der Waals surface area contributed by atoms with Gasteiger partial charge in [0.2, 0.25) is 0 Å². The number of anilines is 1. The van der Waals surface area contributed by atoms with Gasteiger partial charge in [0.1, 0.15) is 11.7 Å². The molecule has 2 heterocycles. The summed E-state index contributed by atoms with van der Waals surface area (Å²) in [5.74, 6) is -1.21. The minimum absolute atomic E-state index is 0.170. The lowest BCUT2D eigenvalue weighted by atomic mass is 10.0. The highest BCUT2D eigenvalue weighted by Gasteiger charge is 2.34. The van der Waals surface area contributed by atoms with Gasteiger partial charge in [0, 0.05) is 16.9 Å². The number of rotatable bonds is 5. The van der Waals surface area contributed by atoms with Crippen LogP contribution in [0.4, 0.5) is 5.13 Å². The van der Waals surface area contributed by atoms with Gasteiger partial charge in [0.25, 0.3) is 11.8 Å². The van der Waals surface area contributed by atoms with E-state index in [2.05, 4.69) is 10.3 Å². The van der Waals surface area contributed by atoms with E-state index in [1.54, 1.807) is 18.4 Å². The lowest BCUT2D eigenvalue weighted by molar-refractivity contribution is -0.149. The molecule has 1 aromatic heterocycles. The summed E-state index contributed by atoms with van der Waals surface area (Å²) < 4.78 is 5.09. The van der Waals surface area contributed by atoms with E-state index >= 15 is 0 Å². The Kier molecular flexibility index (Phi) is 7.10. The van der Waals surface area contributed by atoms with Crippen LogP contribution in [0.15, 0.2) is 23.6 Å². The summed E-state index contributed by atoms with van der Waals surface area (Å²) in [6.45, 7) is 2.45. The molecule has 1 N–H and O–H groups in total. The smallest absolute Gasteiger partial charge is 0.328 e. The first-order valence-corrected chi connectivity index (χ1v) is 10.7. The molecule has 10 heteroatoms. The van der Waals surface area contributed by atoms with Crippen LogP contribution >= 0.6 is 34.5 Å². The van der Waals surface area contributed by atoms with E-state index in [4.69, 9.17) is 27.9 Å². The Balaban J connectivity index is 1.72. The molecule has 2 aromatic rings. The van der Waals surface area contributed by atoms with E-state index in [1.165, 1.54) is 17.0 Å². The van der Waals surface area contributed by atoms with Crippen LogP contribution < -0.4 is 5.32 Å². The fourth-order valence-electron chi connectivity index (χ4n) is 3.07. The second-order valence-electron chi connectivity index (χ2n) is 6.38. The van der Waals surface area contributed by atoms with Crippen molar-refractivity contribution in [2.75, 3.05) is 18.5 Å². The lowest BCUT2D eigenvalue weighted by Gasteiger charge is -2.33. The zero-order valence-electron chi connectivity index (χ0n) is 15.6. The molecule has 7 nitrogen and oxygen atoms in total. The summed E-state index contributed by atoms with van der Waals surface area (Å²) in [7, 11) is 0. The second kappa shape index (κ2) is 9.56. The Bertz CT molecular complexity index is 934. The molecular formula is C19H19Cl2N3O4S. The van der Waals surface area contributed by atoms with Crippen molar-refractivity contribution in [3.05, 3.63) is 44.9 Å². The van der Waals surface area contributed by atoms with Gasteiger partial charge in [0.05, 0.1) is 17.2 Å². The number of aromatic nitrogens is 1.